The Labute approximate surface area is 239 Å². The fourth-order valence-electron chi connectivity index (χ4n) is 4.11. The van der Waals surface area contributed by atoms with Gasteiger partial charge in [-0.15, -0.1) is 22.0 Å². The molecule has 0 saturated carbocycles. The number of furan rings is 1. The number of fused-ring (bicyclic) bond motifs is 1. The monoisotopic (exact) mass is 603 g/mol. The Kier molecular flexibility index (Phi) is 7.82. The van der Waals surface area contributed by atoms with Crippen molar-refractivity contribution in [2.45, 2.75) is 36.2 Å². The molecular formula is C24H21N5O8S3. The van der Waals surface area contributed by atoms with Crippen molar-refractivity contribution in [3.63, 3.8) is 0 Å². The lowest BCUT2D eigenvalue weighted by atomic mass is 10.0. The van der Waals surface area contributed by atoms with Gasteiger partial charge in [0.1, 0.15) is 34.5 Å². The summed E-state index contributed by atoms with van der Waals surface area (Å²) in [7, 11) is 0. The second-order valence-corrected chi connectivity index (χ2v) is 12.3. The van der Waals surface area contributed by atoms with Gasteiger partial charge in [0.2, 0.25) is 0 Å². The van der Waals surface area contributed by atoms with Crippen LogP contribution in [0, 0.1) is 24.0 Å². The molecule has 2 aliphatic rings. The molecule has 1 aromatic carbocycles. The van der Waals surface area contributed by atoms with E-state index >= 15 is 0 Å². The van der Waals surface area contributed by atoms with Gasteiger partial charge in [-0.25, -0.2) is 4.79 Å². The summed E-state index contributed by atoms with van der Waals surface area (Å²) >= 11 is 4.13. The van der Waals surface area contributed by atoms with Gasteiger partial charge in [-0.05, 0) is 43.2 Å². The minimum absolute atomic E-state index is 0.0611. The van der Waals surface area contributed by atoms with E-state index < -0.39 is 34.1 Å². The molecular weight excluding hydrogens is 582 g/mol. The molecule has 0 radical (unpaired) electrons. The largest absolute Gasteiger partial charge is 0.479 e. The molecule has 0 unspecified atom stereocenters. The second-order valence-electron chi connectivity index (χ2n) is 8.78. The minimum atomic E-state index is -1.21. The third kappa shape index (κ3) is 5.55. The summed E-state index contributed by atoms with van der Waals surface area (Å²) in [4.78, 5) is 49.8. The van der Waals surface area contributed by atoms with Crippen LogP contribution in [0.3, 0.4) is 0 Å². The normalized spacial score (nSPS) is 18.2. The molecule has 2 N–H and O–H groups in total. The fourth-order valence-corrected chi connectivity index (χ4v) is 7.41. The average Bonchev–Trinajstić information content (AvgIpc) is 3.57. The maximum Gasteiger partial charge on any atom is 0.352 e. The third-order valence-electron chi connectivity index (χ3n) is 5.98. The third-order valence-corrected chi connectivity index (χ3v) is 9.38. The van der Waals surface area contributed by atoms with Gasteiger partial charge in [0.05, 0.1) is 4.92 Å². The highest BCUT2D eigenvalue weighted by Crippen LogP contribution is 2.42. The van der Waals surface area contributed by atoms with Gasteiger partial charge in [-0.1, -0.05) is 29.2 Å². The number of thioether (sulfide) groups is 2. The molecule has 2 amide bonds. The van der Waals surface area contributed by atoms with Crippen molar-refractivity contribution in [3.8, 4) is 5.75 Å². The zero-order chi connectivity index (χ0) is 28.6. The van der Waals surface area contributed by atoms with Gasteiger partial charge in [-0.3, -0.25) is 24.6 Å². The van der Waals surface area contributed by atoms with Crippen molar-refractivity contribution < 1.29 is 33.6 Å². The van der Waals surface area contributed by atoms with E-state index in [2.05, 4.69) is 15.5 Å². The van der Waals surface area contributed by atoms with Gasteiger partial charge in [-0.2, -0.15) is 0 Å². The van der Waals surface area contributed by atoms with E-state index in [-0.39, 0.29) is 35.3 Å². The molecule has 13 nitrogen and oxygen atoms in total. The lowest BCUT2D eigenvalue weighted by Crippen LogP contribution is -2.70. The quantitative estimate of drug-likeness (QED) is 0.150. The summed E-state index contributed by atoms with van der Waals surface area (Å²) in [6, 6.07) is 6.53. The summed E-state index contributed by atoms with van der Waals surface area (Å²) < 4.78 is 11.8. The number of carboxylic acids is 1. The molecule has 2 atom stereocenters. The number of nitro benzene ring substituents is 1. The van der Waals surface area contributed by atoms with Crippen molar-refractivity contribution in [2.24, 2.45) is 0 Å². The number of aryl methyl sites for hydroxylation is 2. The zero-order valence-electron chi connectivity index (χ0n) is 21.0. The number of carboxylic acid groups (broad SMARTS) is 1. The van der Waals surface area contributed by atoms with Crippen LogP contribution >= 0.6 is 34.9 Å². The topological polar surface area (TPSA) is 178 Å². The summed E-state index contributed by atoms with van der Waals surface area (Å²) in [6.45, 7) is 3.40. The number of ether oxygens (including phenoxy) is 1. The number of nitrogens with one attached hydrogen (secondary N) is 1. The highest BCUT2D eigenvalue weighted by molar-refractivity contribution is 8.01. The first-order chi connectivity index (χ1) is 19.1. The van der Waals surface area contributed by atoms with Gasteiger partial charge in [0, 0.05) is 17.6 Å². The van der Waals surface area contributed by atoms with Crippen LogP contribution in [0.25, 0.3) is 0 Å². The number of rotatable bonds is 10. The number of nitrogens with zero attached hydrogens (tertiary/aromatic N) is 4. The molecule has 3 aromatic rings. The molecule has 1 fully saturated rings. The lowest BCUT2D eigenvalue weighted by Gasteiger charge is -2.49. The van der Waals surface area contributed by atoms with Gasteiger partial charge < -0.3 is 19.6 Å². The molecule has 16 heteroatoms. The number of benzene rings is 1. The molecule has 1 saturated heterocycles. The number of aromatic nitrogens is 2. The van der Waals surface area contributed by atoms with Crippen LogP contribution in [-0.4, -0.2) is 65.8 Å². The van der Waals surface area contributed by atoms with Crippen LogP contribution in [0.15, 0.2) is 50.4 Å². The highest BCUT2D eigenvalue weighted by atomic mass is 32.2. The molecule has 40 heavy (non-hydrogen) atoms. The number of carbonyl (C=O) groups excluding carboxylic acids is 2. The van der Waals surface area contributed by atoms with Crippen LogP contribution in [0.4, 0.5) is 5.69 Å². The fraction of sp³-hybridized carbons (Fsp3) is 0.292. The summed E-state index contributed by atoms with van der Waals surface area (Å²) in [5.41, 5.74) is 1.04. The summed E-state index contributed by atoms with van der Waals surface area (Å²) in [5, 5.41) is 32.0. The van der Waals surface area contributed by atoms with Crippen LogP contribution in [0.1, 0.15) is 26.9 Å². The van der Waals surface area contributed by atoms with E-state index in [1.165, 1.54) is 64.0 Å². The van der Waals surface area contributed by atoms with Crippen LogP contribution < -0.4 is 10.1 Å². The van der Waals surface area contributed by atoms with Gasteiger partial charge in [0.15, 0.2) is 15.8 Å². The number of hydrogen-bond acceptors (Lipinski definition) is 12. The molecule has 208 valence electrons. The Morgan fingerprint density at radius 2 is 2.10 bits per heavy atom. The molecule has 2 aromatic heterocycles. The predicted molar refractivity (Wildman–Crippen MR) is 145 cm³/mol. The van der Waals surface area contributed by atoms with E-state index in [0.717, 1.165) is 5.01 Å². The Hall–Kier alpha value is -3.89. The van der Waals surface area contributed by atoms with E-state index in [9.17, 15) is 29.6 Å². The van der Waals surface area contributed by atoms with E-state index in [1.54, 1.807) is 13.0 Å². The van der Waals surface area contributed by atoms with Crippen LogP contribution in [0.2, 0.25) is 0 Å². The smallest absolute Gasteiger partial charge is 0.352 e. The lowest BCUT2D eigenvalue weighted by molar-refractivity contribution is -0.386. The first-order valence-corrected chi connectivity index (χ1v) is 14.6. The second kappa shape index (κ2) is 11.3. The maximum absolute atomic E-state index is 12.9. The number of β-lactam (4-membered cyclic amide) rings is 1. The van der Waals surface area contributed by atoms with Crippen molar-refractivity contribution in [2.75, 3.05) is 11.5 Å². The number of carbonyl (C=O) groups is 3. The first-order valence-electron chi connectivity index (χ1n) is 11.7. The average molecular weight is 604 g/mol. The standard InChI is InChI=1S/C24H21N5O8S3/c1-11-3-5-16(15(7-11)29(34)35)36-8-14-4-6-17(37-14)20(30)25-18-21(31)28-19(23(32)33)13(9-38-22(18)28)10-39-24-27-26-12(2)40-24/h3-7,18,22H,8-10H2,1-2H3,(H,25,30)(H,32,33)/t18-,22-/m1/s1. The Bertz CT molecular complexity index is 1550. The molecule has 2 aliphatic heterocycles. The van der Waals surface area contributed by atoms with Crippen molar-refractivity contribution >= 4 is 58.3 Å². The van der Waals surface area contributed by atoms with Gasteiger partial charge in [0.25, 0.3) is 11.8 Å². The SMILES string of the molecule is Cc1ccc(OCc2ccc(C(=O)N[C@@H]3C(=O)N4C(C(=O)O)=C(CSc5nnc(C)s5)CS[C@H]34)o2)c([N+](=O)[O-])c1. The molecule has 5 rings (SSSR count). The van der Waals surface area contributed by atoms with E-state index in [0.29, 0.717) is 27.0 Å². The number of nitro groups is 1. The van der Waals surface area contributed by atoms with E-state index in [4.69, 9.17) is 9.15 Å². The summed E-state index contributed by atoms with van der Waals surface area (Å²) in [6.07, 6.45) is 0. The summed E-state index contributed by atoms with van der Waals surface area (Å²) in [5.74, 6) is -1.44. The van der Waals surface area contributed by atoms with Crippen molar-refractivity contribution in [1.29, 1.82) is 0 Å². The van der Waals surface area contributed by atoms with Crippen LogP contribution in [0.5, 0.6) is 5.75 Å². The van der Waals surface area contributed by atoms with Crippen molar-refractivity contribution in [1.82, 2.24) is 20.4 Å². The first kappa shape index (κ1) is 27.7. The predicted octanol–water partition coefficient (Wildman–Crippen LogP) is 3.38. The molecule has 4 heterocycles. The zero-order valence-corrected chi connectivity index (χ0v) is 23.4. The van der Waals surface area contributed by atoms with Crippen molar-refractivity contribution in [3.05, 3.63) is 73.8 Å². The maximum atomic E-state index is 12.9. The van der Waals surface area contributed by atoms with Crippen LogP contribution in [-0.2, 0) is 16.2 Å². The Balaban J connectivity index is 1.21. The molecule has 0 bridgehead atoms. The highest BCUT2D eigenvalue weighted by Gasteiger charge is 2.54. The van der Waals surface area contributed by atoms with Gasteiger partial charge >= 0.3 is 11.7 Å². The molecule has 0 aliphatic carbocycles. The van der Waals surface area contributed by atoms with E-state index in [1.807, 2.05) is 6.92 Å². The Morgan fingerprint density at radius 1 is 1.30 bits per heavy atom. The number of amides is 2. The Morgan fingerprint density at radius 3 is 2.80 bits per heavy atom. The minimum Gasteiger partial charge on any atom is -0.479 e. The molecule has 0 spiro atoms. The number of aliphatic carboxylic acids is 1. The number of hydrogen-bond donors (Lipinski definition) is 2.